The van der Waals surface area contributed by atoms with Crippen molar-refractivity contribution in [2.75, 3.05) is 39.3 Å². The van der Waals surface area contributed by atoms with Crippen molar-refractivity contribution in [2.24, 2.45) is 0 Å². The van der Waals surface area contributed by atoms with Gasteiger partial charge in [-0.15, -0.1) is 0 Å². The van der Waals surface area contributed by atoms with E-state index in [4.69, 9.17) is 0 Å². The molecule has 2 N–H and O–H groups in total. The zero-order valence-electron chi connectivity index (χ0n) is 21.6. The lowest BCUT2D eigenvalue weighted by Crippen LogP contribution is -2.54. The first-order valence-corrected chi connectivity index (χ1v) is 25.3. The van der Waals surface area contributed by atoms with Gasteiger partial charge < -0.3 is 19.1 Å². The van der Waals surface area contributed by atoms with Crippen LogP contribution >= 0.6 is 0 Å². The molecule has 0 saturated carbocycles. The molecule has 0 bridgehead atoms. The molecule has 0 saturated heterocycles. The van der Waals surface area contributed by atoms with E-state index in [2.05, 4.69) is 97.7 Å². The summed E-state index contributed by atoms with van der Waals surface area (Å²) in [6, 6.07) is 0. The van der Waals surface area contributed by atoms with Crippen molar-refractivity contribution in [3.8, 4) is 0 Å². The first-order chi connectivity index (χ1) is 12.4. The highest BCUT2D eigenvalue weighted by molar-refractivity contribution is 6.74. The Morgan fingerprint density at radius 2 is 0.750 bits per heavy atom. The highest BCUT2D eigenvalue weighted by Crippen LogP contribution is 2.14. The van der Waals surface area contributed by atoms with E-state index in [1.54, 1.807) is 0 Å². The fourth-order valence-electron chi connectivity index (χ4n) is 3.27. The average Bonchev–Trinajstić information content (AvgIpc) is 2.43. The molecule has 0 atom stereocenters. The second-order valence-electron chi connectivity index (χ2n) is 12.4. The number of hydrogen-bond donors (Lipinski definition) is 2. The van der Waals surface area contributed by atoms with Gasteiger partial charge in [-0.25, -0.2) is 0 Å². The van der Waals surface area contributed by atoms with Crippen LogP contribution in [0, 0.1) is 0 Å². The van der Waals surface area contributed by atoms with Crippen LogP contribution < -0.4 is 9.96 Å². The van der Waals surface area contributed by atoms with Crippen LogP contribution in [0.1, 0.15) is 12.8 Å². The maximum Gasteiger partial charge on any atom is 0.119 e. The molecule has 0 fully saturated rings. The minimum Gasteiger partial charge on any atom is -0.337 e. The zero-order chi connectivity index (χ0) is 22.2. The second-order valence-corrected chi connectivity index (χ2v) is 32.0. The van der Waals surface area contributed by atoms with Crippen molar-refractivity contribution in [3.05, 3.63) is 0 Å². The van der Waals surface area contributed by atoms with E-state index in [1.165, 1.54) is 52.1 Å². The molecule has 0 aromatic heterocycles. The molecule has 0 rings (SSSR count). The lowest BCUT2D eigenvalue weighted by atomic mass is 10.4. The highest BCUT2D eigenvalue weighted by Gasteiger charge is 2.27. The normalized spacial score (nSPS) is 14.4. The number of rotatable bonds is 15. The van der Waals surface area contributed by atoms with Gasteiger partial charge in [0.15, 0.2) is 0 Å². The molecule has 0 amide bonds. The van der Waals surface area contributed by atoms with Gasteiger partial charge in [0.1, 0.15) is 32.9 Å². The molecule has 8 heteroatoms. The summed E-state index contributed by atoms with van der Waals surface area (Å²) in [5.41, 5.74) is 0. The lowest BCUT2D eigenvalue weighted by molar-refractivity contribution is 0.337. The molecule has 0 aliphatic rings. The topological polar surface area (TPSA) is 30.5 Å². The average molecular weight is 463 g/mol. The van der Waals surface area contributed by atoms with Gasteiger partial charge >= 0.3 is 0 Å². The van der Waals surface area contributed by atoms with E-state index in [-0.39, 0.29) is 0 Å². The van der Waals surface area contributed by atoms with Crippen LogP contribution in [0.15, 0.2) is 0 Å². The van der Waals surface area contributed by atoms with Crippen LogP contribution in [0.25, 0.3) is 0 Å². The van der Waals surface area contributed by atoms with Gasteiger partial charge in [-0.05, 0) is 39.0 Å². The van der Waals surface area contributed by atoms with Gasteiger partial charge in [-0.3, -0.25) is 0 Å². The number of hydrogen-bond acceptors (Lipinski definition) is 4. The summed E-state index contributed by atoms with van der Waals surface area (Å²) in [5, 5.41) is 0. The molecule has 0 aromatic carbocycles. The molecule has 28 heavy (non-hydrogen) atoms. The van der Waals surface area contributed by atoms with Crippen molar-refractivity contribution in [3.63, 3.8) is 0 Å². The summed E-state index contributed by atoms with van der Waals surface area (Å²) >= 11 is 0. The molecule has 4 nitrogen and oxygen atoms in total. The molecule has 170 valence electrons. The summed E-state index contributed by atoms with van der Waals surface area (Å²) in [4.78, 5) is 7.57. The molecule has 0 radical (unpaired) electrons. The third-order valence-corrected chi connectivity index (χ3v) is 12.4. The molecule has 0 unspecified atom stereocenters. The van der Waals surface area contributed by atoms with Gasteiger partial charge in [0.05, 0.1) is 0 Å². The SMILES string of the molecule is C[Si](C)(C)NCCCN(CCN(CCCN[Si](C)(C)C)[Si](C)(C)C)[Si](C)(C)C. The fraction of sp³-hybridized carbons (Fsp3) is 1.00. The molecule has 0 aliphatic carbocycles. The molecule has 0 spiro atoms. The van der Waals surface area contributed by atoms with Gasteiger partial charge in [0, 0.05) is 13.1 Å². The van der Waals surface area contributed by atoms with E-state index >= 15 is 0 Å². The quantitative estimate of drug-likeness (QED) is 0.268. The van der Waals surface area contributed by atoms with Crippen LogP contribution in [0.4, 0.5) is 0 Å². The fourth-order valence-corrected chi connectivity index (χ4v) is 8.33. The third-order valence-electron chi connectivity index (χ3n) is 5.06. The Hall–Kier alpha value is 0.708. The van der Waals surface area contributed by atoms with Crippen molar-refractivity contribution >= 4 is 32.9 Å². The van der Waals surface area contributed by atoms with Gasteiger partial charge in [0.2, 0.25) is 0 Å². The third kappa shape index (κ3) is 15.5. The van der Waals surface area contributed by atoms with Crippen molar-refractivity contribution < 1.29 is 0 Å². The predicted octanol–water partition coefficient (Wildman–Crippen LogP) is 4.89. The van der Waals surface area contributed by atoms with Crippen molar-refractivity contribution in [1.29, 1.82) is 0 Å². The summed E-state index contributed by atoms with van der Waals surface area (Å²) in [6.07, 6.45) is 2.56. The summed E-state index contributed by atoms with van der Waals surface area (Å²) in [6.45, 7) is 36.8. The molecular formula is C20H54N4Si4. The maximum atomic E-state index is 3.78. The van der Waals surface area contributed by atoms with Crippen LogP contribution in [0.2, 0.25) is 78.6 Å². The van der Waals surface area contributed by atoms with E-state index in [0.29, 0.717) is 0 Å². The minimum absolute atomic E-state index is 1.13. The highest BCUT2D eigenvalue weighted by atomic mass is 28.3. The van der Waals surface area contributed by atoms with Gasteiger partial charge in [-0.1, -0.05) is 78.6 Å². The van der Waals surface area contributed by atoms with E-state index < -0.39 is 32.9 Å². The largest absolute Gasteiger partial charge is 0.337 e. The molecule has 0 aromatic rings. The van der Waals surface area contributed by atoms with Crippen molar-refractivity contribution in [2.45, 2.75) is 91.4 Å². The predicted molar refractivity (Wildman–Crippen MR) is 142 cm³/mol. The number of nitrogens with one attached hydrogen (secondary N) is 2. The van der Waals surface area contributed by atoms with Crippen molar-refractivity contribution in [1.82, 2.24) is 19.1 Å². The second kappa shape index (κ2) is 11.9. The smallest absolute Gasteiger partial charge is 0.119 e. The summed E-state index contributed by atoms with van der Waals surface area (Å²) in [5.74, 6) is 0. The molecule has 0 heterocycles. The van der Waals surface area contributed by atoms with Crippen LogP contribution in [0.5, 0.6) is 0 Å². The Balaban J connectivity index is 4.63. The lowest BCUT2D eigenvalue weighted by Gasteiger charge is -2.40. The Morgan fingerprint density at radius 1 is 0.464 bits per heavy atom. The minimum atomic E-state index is -1.27. The van der Waals surface area contributed by atoms with Gasteiger partial charge in [0.25, 0.3) is 0 Å². The van der Waals surface area contributed by atoms with Crippen LogP contribution in [-0.4, -0.2) is 81.3 Å². The van der Waals surface area contributed by atoms with Crippen LogP contribution in [0.3, 0.4) is 0 Å². The maximum absolute atomic E-state index is 3.78. The summed E-state index contributed by atoms with van der Waals surface area (Å²) in [7, 11) is -4.81. The van der Waals surface area contributed by atoms with E-state index in [9.17, 15) is 0 Å². The zero-order valence-corrected chi connectivity index (χ0v) is 25.6. The first-order valence-electron chi connectivity index (χ1n) is 11.4. The van der Waals surface area contributed by atoms with E-state index in [0.717, 1.165) is 0 Å². The Bertz CT molecular complexity index is 380. The van der Waals surface area contributed by atoms with Crippen LogP contribution in [-0.2, 0) is 0 Å². The standard InChI is InChI=1S/C20H54N4Si4/c1-25(2,3)21-15-13-17-23(27(7,8)9)19-20-24(28(10,11)12)18-14-16-22-26(4,5)6/h21-22H,13-20H2,1-12H3. The first kappa shape index (κ1) is 28.7. The Labute approximate surface area is 182 Å². The van der Waals surface area contributed by atoms with E-state index in [1.807, 2.05) is 0 Å². The molecular weight excluding hydrogens is 409 g/mol. The monoisotopic (exact) mass is 462 g/mol. The Morgan fingerprint density at radius 3 is 0.964 bits per heavy atom. The molecule has 0 aliphatic heterocycles. The number of nitrogens with zero attached hydrogens (tertiary/aromatic N) is 2. The van der Waals surface area contributed by atoms with Gasteiger partial charge in [-0.2, -0.15) is 0 Å². The summed E-state index contributed by atoms with van der Waals surface area (Å²) < 4.78 is 5.68. The Kier molecular flexibility index (Phi) is 12.2.